The molecule has 4 heteroatoms. The van der Waals surface area contributed by atoms with E-state index in [1.165, 1.54) is 32.1 Å². The number of hydrogen-bond donors (Lipinski definition) is 2. The van der Waals surface area contributed by atoms with E-state index < -0.39 is 12.0 Å². The molecular formula is C14H28N2O2. The Bertz CT molecular complexity index is 230. The van der Waals surface area contributed by atoms with Crippen LogP contribution in [0.4, 0.5) is 0 Å². The molecule has 0 saturated carbocycles. The van der Waals surface area contributed by atoms with Gasteiger partial charge in [-0.25, -0.2) is 0 Å². The lowest BCUT2D eigenvalue weighted by Gasteiger charge is -2.04. The minimum absolute atomic E-state index is 0.544. The Morgan fingerprint density at radius 1 is 1.22 bits per heavy atom. The van der Waals surface area contributed by atoms with Gasteiger partial charge in [0.2, 0.25) is 0 Å². The first kappa shape index (κ1) is 17.1. The minimum Gasteiger partial charge on any atom is -0.480 e. The summed E-state index contributed by atoms with van der Waals surface area (Å²) in [6, 6.07) is -0.715. The van der Waals surface area contributed by atoms with Crippen LogP contribution in [-0.4, -0.2) is 29.9 Å². The molecule has 0 heterocycles. The molecule has 0 spiro atoms. The van der Waals surface area contributed by atoms with Gasteiger partial charge in [0.25, 0.3) is 0 Å². The lowest BCUT2D eigenvalue weighted by atomic mass is 10.1. The molecule has 0 fully saturated rings. The van der Waals surface area contributed by atoms with Crippen molar-refractivity contribution >= 4 is 12.2 Å². The summed E-state index contributed by atoms with van der Waals surface area (Å²) in [5.41, 5.74) is 5.40. The fourth-order valence-electron chi connectivity index (χ4n) is 1.71. The van der Waals surface area contributed by atoms with E-state index in [0.29, 0.717) is 6.42 Å². The maximum absolute atomic E-state index is 10.5. The Kier molecular flexibility index (Phi) is 11.9. The number of nitrogens with two attached hydrogens (primary N) is 1. The van der Waals surface area contributed by atoms with E-state index in [-0.39, 0.29) is 0 Å². The van der Waals surface area contributed by atoms with E-state index in [4.69, 9.17) is 10.8 Å². The van der Waals surface area contributed by atoms with Crippen LogP contribution in [0.5, 0.6) is 0 Å². The number of hydrogen-bond acceptors (Lipinski definition) is 3. The first-order valence-electron chi connectivity index (χ1n) is 7.15. The smallest absolute Gasteiger partial charge is 0.320 e. The van der Waals surface area contributed by atoms with Crippen molar-refractivity contribution in [2.24, 2.45) is 10.7 Å². The lowest BCUT2D eigenvalue weighted by molar-refractivity contribution is -0.138. The number of carboxylic acids is 1. The molecule has 106 valence electrons. The lowest BCUT2D eigenvalue weighted by Crippen LogP contribution is -2.29. The molecule has 0 aliphatic carbocycles. The van der Waals surface area contributed by atoms with Gasteiger partial charge in [-0.2, -0.15) is 0 Å². The summed E-state index contributed by atoms with van der Waals surface area (Å²) in [6.07, 6.45) is 11.9. The highest BCUT2D eigenvalue weighted by Crippen LogP contribution is 2.04. The molecule has 18 heavy (non-hydrogen) atoms. The second kappa shape index (κ2) is 12.6. The number of unbranched alkanes of at least 4 members (excludes halogenated alkanes) is 6. The van der Waals surface area contributed by atoms with Gasteiger partial charge in [0.05, 0.1) is 0 Å². The van der Waals surface area contributed by atoms with Crippen molar-refractivity contribution in [2.45, 2.75) is 70.8 Å². The van der Waals surface area contributed by atoms with Crippen molar-refractivity contribution in [3.05, 3.63) is 0 Å². The van der Waals surface area contributed by atoms with Crippen molar-refractivity contribution in [2.75, 3.05) is 6.54 Å². The molecule has 4 nitrogen and oxygen atoms in total. The zero-order valence-corrected chi connectivity index (χ0v) is 11.6. The van der Waals surface area contributed by atoms with Crippen molar-refractivity contribution < 1.29 is 9.90 Å². The molecule has 1 unspecified atom stereocenters. The van der Waals surface area contributed by atoms with Crippen LogP contribution in [0.15, 0.2) is 4.99 Å². The number of rotatable bonds is 12. The van der Waals surface area contributed by atoms with Gasteiger partial charge in [-0.05, 0) is 38.3 Å². The predicted octanol–water partition coefficient (Wildman–Crippen LogP) is 3.00. The number of carboxylic acid groups (broad SMARTS) is 1. The Morgan fingerprint density at radius 2 is 1.94 bits per heavy atom. The molecule has 0 rings (SSSR count). The zero-order chi connectivity index (χ0) is 13.6. The standard InChI is InChI=1S/C14H28N2O2/c1-2-3-4-5-6-8-11-16-12-9-7-10-13(15)14(17)18/h11,13H,2-10,12,15H2,1H3,(H,17,18)/b16-11+. The van der Waals surface area contributed by atoms with E-state index in [0.717, 1.165) is 25.8 Å². The van der Waals surface area contributed by atoms with Gasteiger partial charge in [0.15, 0.2) is 0 Å². The molecule has 0 aliphatic heterocycles. The minimum atomic E-state index is -0.911. The van der Waals surface area contributed by atoms with Crippen molar-refractivity contribution in [1.82, 2.24) is 0 Å². The molecule has 0 radical (unpaired) electrons. The van der Waals surface area contributed by atoms with Gasteiger partial charge in [0, 0.05) is 6.54 Å². The van der Waals surface area contributed by atoms with Gasteiger partial charge in [-0.1, -0.05) is 32.6 Å². The molecule has 0 saturated heterocycles. The number of nitrogens with zero attached hydrogens (tertiary/aromatic N) is 1. The van der Waals surface area contributed by atoms with Crippen LogP contribution in [0.2, 0.25) is 0 Å². The zero-order valence-electron chi connectivity index (χ0n) is 11.6. The largest absolute Gasteiger partial charge is 0.480 e. The van der Waals surface area contributed by atoms with Crippen molar-refractivity contribution in [1.29, 1.82) is 0 Å². The molecule has 0 bridgehead atoms. The third-order valence-corrected chi connectivity index (χ3v) is 2.94. The highest BCUT2D eigenvalue weighted by Gasteiger charge is 2.09. The monoisotopic (exact) mass is 256 g/mol. The Morgan fingerprint density at radius 3 is 2.61 bits per heavy atom. The van der Waals surface area contributed by atoms with Gasteiger partial charge >= 0.3 is 5.97 Å². The van der Waals surface area contributed by atoms with Gasteiger partial charge < -0.3 is 10.8 Å². The summed E-state index contributed by atoms with van der Waals surface area (Å²) in [4.78, 5) is 14.8. The molecule has 0 aromatic rings. The summed E-state index contributed by atoms with van der Waals surface area (Å²) in [6.45, 7) is 3.01. The van der Waals surface area contributed by atoms with Crippen LogP contribution in [0.1, 0.15) is 64.7 Å². The van der Waals surface area contributed by atoms with E-state index in [9.17, 15) is 4.79 Å². The van der Waals surface area contributed by atoms with Crippen molar-refractivity contribution in [3.8, 4) is 0 Å². The van der Waals surface area contributed by atoms with Crippen LogP contribution in [-0.2, 0) is 4.79 Å². The van der Waals surface area contributed by atoms with E-state index in [1.807, 2.05) is 6.21 Å². The molecule has 0 aromatic carbocycles. The quantitative estimate of drug-likeness (QED) is 0.416. The second-order valence-electron chi connectivity index (χ2n) is 4.73. The first-order valence-corrected chi connectivity index (χ1v) is 7.15. The molecule has 3 N–H and O–H groups in total. The maximum Gasteiger partial charge on any atom is 0.320 e. The SMILES string of the molecule is CCCCCCC/C=N/CCCCC(N)C(=O)O. The van der Waals surface area contributed by atoms with Crippen LogP contribution in [0.25, 0.3) is 0 Å². The van der Waals surface area contributed by atoms with Crippen LogP contribution < -0.4 is 5.73 Å². The summed E-state index contributed by atoms with van der Waals surface area (Å²) in [5.74, 6) is -0.911. The van der Waals surface area contributed by atoms with Crippen molar-refractivity contribution in [3.63, 3.8) is 0 Å². The molecule has 0 aromatic heterocycles. The summed E-state index contributed by atoms with van der Waals surface area (Å²) >= 11 is 0. The third-order valence-electron chi connectivity index (χ3n) is 2.94. The Balaban J connectivity index is 3.21. The van der Waals surface area contributed by atoms with E-state index in [1.54, 1.807) is 0 Å². The number of carbonyl (C=O) groups is 1. The first-order chi connectivity index (χ1) is 8.68. The van der Waals surface area contributed by atoms with Gasteiger partial charge in [-0.15, -0.1) is 0 Å². The molecule has 0 aliphatic rings. The fourth-order valence-corrected chi connectivity index (χ4v) is 1.71. The van der Waals surface area contributed by atoms with Crippen LogP contribution in [0, 0.1) is 0 Å². The number of aliphatic carboxylic acids is 1. The summed E-state index contributed by atoms with van der Waals surface area (Å²) in [5, 5.41) is 8.59. The van der Waals surface area contributed by atoms with E-state index >= 15 is 0 Å². The van der Waals surface area contributed by atoms with Crippen LogP contribution in [0.3, 0.4) is 0 Å². The molecular weight excluding hydrogens is 228 g/mol. The summed E-state index contributed by atoms with van der Waals surface area (Å²) in [7, 11) is 0. The van der Waals surface area contributed by atoms with Gasteiger partial charge in [0.1, 0.15) is 6.04 Å². The average Bonchev–Trinajstić information content (AvgIpc) is 2.35. The topological polar surface area (TPSA) is 75.7 Å². The fraction of sp³-hybridized carbons (Fsp3) is 0.857. The molecule has 1 atom stereocenters. The third kappa shape index (κ3) is 11.6. The average molecular weight is 256 g/mol. The Labute approximate surface area is 111 Å². The number of aliphatic imine (C=N–C) groups is 1. The second-order valence-corrected chi connectivity index (χ2v) is 4.73. The highest BCUT2D eigenvalue weighted by molar-refractivity contribution is 5.72. The highest BCUT2D eigenvalue weighted by atomic mass is 16.4. The normalized spacial score (nSPS) is 13.0. The van der Waals surface area contributed by atoms with E-state index in [2.05, 4.69) is 11.9 Å². The summed E-state index contributed by atoms with van der Waals surface area (Å²) < 4.78 is 0. The van der Waals surface area contributed by atoms with Gasteiger partial charge in [-0.3, -0.25) is 9.79 Å². The Hall–Kier alpha value is -0.900. The maximum atomic E-state index is 10.5. The van der Waals surface area contributed by atoms with Crippen LogP contribution >= 0.6 is 0 Å². The molecule has 0 amide bonds. The predicted molar refractivity (Wildman–Crippen MR) is 76.2 cm³/mol.